The molecule has 5 nitrogen and oxygen atoms in total. The Kier molecular flexibility index (Phi) is 4.73. The molecule has 0 aromatic heterocycles. The number of hydrogen-bond donors (Lipinski definition) is 2. The van der Waals surface area contributed by atoms with Crippen molar-refractivity contribution in [3.8, 4) is 0 Å². The highest BCUT2D eigenvalue weighted by Crippen LogP contribution is 2.45. The fourth-order valence-corrected chi connectivity index (χ4v) is 3.94. The van der Waals surface area contributed by atoms with Crippen LogP contribution in [0.3, 0.4) is 0 Å². The van der Waals surface area contributed by atoms with Gasteiger partial charge in [-0.2, -0.15) is 0 Å². The zero-order valence-electron chi connectivity index (χ0n) is 13.3. The maximum Gasteiger partial charge on any atom is 0.225 e. The molecule has 2 fully saturated rings. The van der Waals surface area contributed by atoms with Crippen molar-refractivity contribution >= 4 is 12.2 Å². The zero-order chi connectivity index (χ0) is 15.8. The summed E-state index contributed by atoms with van der Waals surface area (Å²) in [5.41, 5.74) is -0.859. The molecule has 2 heterocycles. The van der Waals surface area contributed by atoms with Gasteiger partial charge in [0.15, 0.2) is 0 Å². The third-order valence-electron chi connectivity index (χ3n) is 5.54. The molecule has 120 valence electrons. The van der Waals surface area contributed by atoms with Crippen molar-refractivity contribution in [1.29, 1.82) is 0 Å². The highest BCUT2D eigenvalue weighted by Gasteiger charge is 2.56. The van der Waals surface area contributed by atoms with E-state index in [0.717, 1.165) is 19.1 Å². The third kappa shape index (κ3) is 2.61. The molecule has 2 rings (SSSR count). The smallest absolute Gasteiger partial charge is 0.225 e. The second kappa shape index (κ2) is 6.05. The van der Waals surface area contributed by atoms with E-state index in [1.54, 1.807) is 0 Å². The Labute approximate surface area is 126 Å². The summed E-state index contributed by atoms with van der Waals surface area (Å²) in [6, 6.07) is 0. The van der Waals surface area contributed by atoms with Crippen LogP contribution in [-0.2, 0) is 14.3 Å². The van der Waals surface area contributed by atoms with Crippen molar-refractivity contribution in [3.05, 3.63) is 0 Å². The number of carbonyl (C=O) groups excluding carboxylic acids is 2. The number of aliphatic hydroxyl groups excluding tert-OH is 1. The van der Waals surface area contributed by atoms with Gasteiger partial charge in [-0.05, 0) is 12.8 Å². The van der Waals surface area contributed by atoms with Gasteiger partial charge in [-0.1, -0.05) is 27.7 Å². The van der Waals surface area contributed by atoms with Crippen molar-refractivity contribution in [2.24, 2.45) is 23.7 Å². The van der Waals surface area contributed by atoms with Crippen molar-refractivity contribution in [2.75, 3.05) is 0 Å². The van der Waals surface area contributed by atoms with Crippen LogP contribution in [0.4, 0.5) is 0 Å². The molecule has 7 atom stereocenters. The number of amides is 1. The first-order valence-corrected chi connectivity index (χ1v) is 7.98. The fourth-order valence-electron chi connectivity index (χ4n) is 3.94. The minimum Gasteiger partial charge on any atom is -0.392 e. The van der Waals surface area contributed by atoms with Crippen LogP contribution in [0.15, 0.2) is 0 Å². The number of nitrogens with one attached hydrogen (secondary N) is 1. The molecule has 2 saturated heterocycles. The molecule has 0 aromatic rings. The van der Waals surface area contributed by atoms with Crippen LogP contribution in [0.25, 0.3) is 0 Å². The van der Waals surface area contributed by atoms with Crippen LogP contribution in [-0.4, -0.2) is 35.2 Å². The lowest BCUT2D eigenvalue weighted by Crippen LogP contribution is -2.70. The third-order valence-corrected chi connectivity index (χ3v) is 5.54. The Morgan fingerprint density at radius 2 is 2.10 bits per heavy atom. The number of carbonyl (C=O) groups is 2. The Morgan fingerprint density at radius 3 is 2.67 bits per heavy atom. The van der Waals surface area contributed by atoms with Gasteiger partial charge in [-0.3, -0.25) is 4.79 Å². The molecule has 21 heavy (non-hydrogen) atoms. The lowest BCUT2D eigenvalue weighted by atomic mass is 9.69. The summed E-state index contributed by atoms with van der Waals surface area (Å²) in [5, 5.41) is 13.6. The zero-order valence-corrected chi connectivity index (χ0v) is 13.3. The summed E-state index contributed by atoms with van der Waals surface area (Å²) < 4.78 is 6.20. The van der Waals surface area contributed by atoms with Gasteiger partial charge in [-0.15, -0.1) is 0 Å². The average molecular weight is 297 g/mol. The van der Waals surface area contributed by atoms with Gasteiger partial charge in [0.05, 0.1) is 12.2 Å². The Bertz CT molecular complexity index is 413. The van der Waals surface area contributed by atoms with Gasteiger partial charge in [0.2, 0.25) is 5.91 Å². The SMILES string of the molecule is CC[C@H]1C[C@H](C)[C@@]2(NC1=O)O[C@@H](CC=O)[C@H](C)[C@H](O)[C@@H]2C. The lowest BCUT2D eigenvalue weighted by molar-refractivity contribution is -0.261. The van der Waals surface area contributed by atoms with E-state index in [4.69, 9.17) is 4.74 Å². The molecule has 0 aromatic carbocycles. The fraction of sp³-hybridized carbons (Fsp3) is 0.875. The van der Waals surface area contributed by atoms with Gasteiger partial charge in [0.1, 0.15) is 12.0 Å². The van der Waals surface area contributed by atoms with Gasteiger partial charge in [0.25, 0.3) is 0 Å². The molecular formula is C16H27NO4. The van der Waals surface area contributed by atoms with Crippen molar-refractivity contribution in [3.63, 3.8) is 0 Å². The topological polar surface area (TPSA) is 75.6 Å². The van der Waals surface area contributed by atoms with Crippen molar-refractivity contribution in [2.45, 2.75) is 64.9 Å². The first-order valence-electron chi connectivity index (χ1n) is 7.98. The molecule has 1 spiro atoms. The van der Waals surface area contributed by atoms with Crippen LogP contribution in [0.2, 0.25) is 0 Å². The van der Waals surface area contributed by atoms with Gasteiger partial charge in [-0.25, -0.2) is 0 Å². The number of aldehydes is 1. The molecule has 0 bridgehead atoms. The number of hydrogen-bond acceptors (Lipinski definition) is 4. The molecule has 0 saturated carbocycles. The number of ether oxygens (including phenoxy) is 1. The molecule has 2 N–H and O–H groups in total. The number of rotatable bonds is 3. The predicted molar refractivity (Wildman–Crippen MR) is 78.3 cm³/mol. The quantitative estimate of drug-likeness (QED) is 0.774. The molecule has 2 aliphatic heterocycles. The first kappa shape index (κ1) is 16.4. The van der Waals surface area contributed by atoms with E-state index in [1.165, 1.54) is 0 Å². The largest absolute Gasteiger partial charge is 0.392 e. The van der Waals surface area contributed by atoms with E-state index in [2.05, 4.69) is 12.2 Å². The van der Waals surface area contributed by atoms with E-state index in [0.29, 0.717) is 0 Å². The molecular weight excluding hydrogens is 270 g/mol. The summed E-state index contributed by atoms with van der Waals surface area (Å²) in [6.45, 7) is 7.87. The second-order valence-corrected chi connectivity index (χ2v) is 6.72. The monoisotopic (exact) mass is 297 g/mol. The maximum absolute atomic E-state index is 12.3. The predicted octanol–water partition coefficient (Wildman–Crippen LogP) is 1.49. The Hall–Kier alpha value is -0.940. The second-order valence-electron chi connectivity index (χ2n) is 6.72. The highest BCUT2D eigenvalue weighted by molar-refractivity contribution is 5.80. The van der Waals surface area contributed by atoms with Crippen molar-refractivity contribution < 1.29 is 19.4 Å². The number of piperidine rings is 1. The average Bonchev–Trinajstić information content (AvgIpc) is 2.46. The maximum atomic E-state index is 12.3. The number of aliphatic hydroxyl groups is 1. The Morgan fingerprint density at radius 1 is 1.43 bits per heavy atom. The molecule has 0 unspecified atom stereocenters. The van der Waals surface area contributed by atoms with E-state index in [1.807, 2.05) is 20.8 Å². The van der Waals surface area contributed by atoms with Crippen LogP contribution in [0.1, 0.15) is 47.0 Å². The summed E-state index contributed by atoms with van der Waals surface area (Å²) >= 11 is 0. The first-order chi connectivity index (χ1) is 9.87. The summed E-state index contributed by atoms with van der Waals surface area (Å²) in [5.74, 6) is -0.223. The molecule has 0 radical (unpaired) electrons. The van der Waals surface area contributed by atoms with Crippen molar-refractivity contribution in [1.82, 2.24) is 5.32 Å². The summed E-state index contributed by atoms with van der Waals surface area (Å²) in [6.07, 6.45) is 1.67. The standard InChI is InChI=1S/C16H27NO4/c1-5-12-8-9(2)16(17-15(12)20)11(4)14(19)10(3)13(21-16)6-7-18/h7,9-14,19H,5-6,8H2,1-4H3,(H,17,20)/t9-,10-,11-,12-,13-,14-,16+/m0/s1. The van der Waals surface area contributed by atoms with E-state index >= 15 is 0 Å². The molecule has 5 heteroatoms. The molecule has 0 aliphatic carbocycles. The van der Waals surface area contributed by atoms with Crippen LogP contribution >= 0.6 is 0 Å². The van der Waals surface area contributed by atoms with Crippen LogP contribution in [0.5, 0.6) is 0 Å². The highest BCUT2D eigenvalue weighted by atomic mass is 16.5. The normalized spacial score (nSPS) is 47.2. The minimum absolute atomic E-state index is 0.00226. The van der Waals surface area contributed by atoms with Gasteiger partial charge < -0.3 is 20.0 Å². The van der Waals surface area contributed by atoms with Gasteiger partial charge in [0, 0.05) is 30.1 Å². The molecule has 2 aliphatic rings. The van der Waals surface area contributed by atoms with E-state index in [-0.39, 0.29) is 42.1 Å². The van der Waals surface area contributed by atoms with E-state index in [9.17, 15) is 14.7 Å². The van der Waals surface area contributed by atoms with E-state index < -0.39 is 11.8 Å². The lowest BCUT2D eigenvalue weighted by Gasteiger charge is -2.56. The summed E-state index contributed by atoms with van der Waals surface area (Å²) in [4.78, 5) is 23.2. The minimum atomic E-state index is -0.859. The van der Waals surface area contributed by atoms with Gasteiger partial charge >= 0.3 is 0 Å². The summed E-state index contributed by atoms with van der Waals surface area (Å²) in [7, 11) is 0. The van der Waals surface area contributed by atoms with Crippen LogP contribution in [0, 0.1) is 23.7 Å². The molecule has 1 amide bonds. The Balaban J connectivity index is 2.30. The van der Waals surface area contributed by atoms with Crippen LogP contribution < -0.4 is 5.32 Å².